The normalized spacial score (nSPS) is 10.5. The topological polar surface area (TPSA) is 117 Å². The number of aromatic amines is 2. The van der Waals surface area contributed by atoms with Gasteiger partial charge in [0, 0.05) is 22.8 Å². The van der Waals surface area contributed by atoms with Crippen molar-refractivity contribution in [2.24, 2.45) is 0 Å². The summed E-state index contributed by atoms with van der Waals surface area (Å²) in [4.78, 5) is 45.1. The molecule has 3 aromatic heterocycles. The van der Waals surface area contributed by atoms with Crippen molar-refractivity contribution in [3.05, 3.63) is 57.1 Å². The molecule has 3 rings (SSSR count). The van der Waals surface area contributed by atoms with Crippen LogP contribution in [0, 0.1) is 6.92 Å². The van der Waals surface area contributed by atoms with E-state index in [4.69, 9.17) is 0 Å². The molecular weight excluding hydrogens is 344 g/mol. The number of H-pyrrole nitrogens is 2. The van der Waals surface area contributed by atoms with E-state index in [2.05, 4.69) is 25.0 Å². The number of hydrogen-bond acceptors (Lipinski definition) is 6. The number of esters is 1. The number of hydrogen-bond donors (Lipinski definition) is 3. The first-order valence-electron chi connectivity index (χ1n) is 7.22. The largest absolute Gasteiger partial charge is 0.464 e. The molecule has 8 nitrogen and oxygen atoms in total. The van der Waals surface area contributed by atoms with Crippen LogP contribution in [-0.2, 0) is 4.74 Å². The Kier molecular flexibility index (Phi) is 4.48. The Balaban J connectivity index is 1.77. The van der Waals surface area contributed by atoms with Gasteiger partial charge in [0.25, 0.3) is 11.5 Å². The van der Waals surface area contributed by atoms with E-state index >= 15 is 0 Å². The molecule has 0 unspecified atom stereocenters. The Hall–Kier alpha value is -3.20. The number of aryl methyl sites for hydroxylation is 1. The number of nitrogens with one attached hydrogen (secondary N) is 3. The van der Waals surface area contributed by atoms with Crippen molar-refractivity contribution >= 4 is 28.3 Å². The van der Waals surface area contributed by atoms with Gasteiger partial charge in [-0.15, -0.1) is 11.3 Å². The maximum Gasteiger partial charge on any atom is 0.354 e. The predicted octanol–water partition coefficient (Wildman–Crippen LogP) is 2.17. The molecule has 0 aliphatic heterocycles. The van der Waals surface area contributed by atoms with E-state index < -0.39 is 17.4 Å². The summed E-state index contributed by atoms with van der Waals surface area (Å²) in [6.45, 7) is 1.73. The van der Waals surface area contributed by atoms with Crippen molar-refractivity contribution in [1.82, 2.24) is 15.0 Å². The first kappa shape index (κ1) is 16.7. The Labute approximate surface area is 145 Å². The van der Waals surface area contributed by atoms with Gasteiger partial charge in [0.1, 0.15) is 11.3 Å². The Morgan fingerprint density at radius 2 is 2.12 bits per heavy atom. The number of methoxy groups -OCH3 is 1. The van der Waals surface area contributed by atoms with Gasteiger partial charge in [-0.3, -0.25) is 14.9 Å². The van der Waals surface area contributed by atoms with Crippen LogP contribution in [0.5, 0.6) is 0 Å². The molecule has 9 heteroatoms. The highest BCUT2D eigenvalue weighted by atomic mass is 32.1. The summed E-state index contributed by atoms with van der Waals surface area (Å²) in [7, 11) is 1.30. The number of amides is 1. The van der Waals surface area contributed by atoms with Gasteiger partial charge in [0.05, 0.1) is 12.8 Å². The molecule has 0 atom stereocenters. The van der Waals surface area contributed by atoms with E-state index in [1.807, 2.05) is 0 Å². The number of anilines is 1. The molecule has 0 fully saturated rings. The van der Waals surface area contributed by atoms with Gasteiger partial charge in [0.2, 0.25) is 0 Å². The molecule has 128 valence electrons. The molecule has 3 heterocycles. The highest BCUT2D eigenvalue weighted by Gasteiger charge is 2.15. The lowest BCUT2D eigenvalue weighted by Crippen LogP contribution is -2.23. The molecule has 25 heavy (non-hydrogen) atoms. The molecule has 0 saturated heterocycles. The molecule has 1 amide bonds. The fraction of sp³-hybridized carbons (Fsp3) is 0.125. The zero-order chi connectivity index (χ0) is 18.0. The molecule has 0 saturated carbocycles. The second-order valence-electron chi connectivity index (χ2n) is 5.17. The number of carbonyl (C=O) groups excluding carboxylic acids is 2. The summed E-state index contributed by atoms with van der Waals surface area (Å²) < 4.78 is 4.63. The van der Waals surface area contributed by atoms with Crippen molar-refractivity contribution in [1.29, 1.82) is 0 Å². The number of nitrogens with zero attached hydrogens (tertiary/aromatic N) is 1. The zero-order valence-corrected chi connectivity index (χ0v) is 14.2. The molecule has 0 aromatic carbocycles. The number of pyridine rings is 1. The molecule has 0 spiro atoms. The van der Waals surface area contributed by atoms with Gasteiger partial charge in [-0.25, -0.2) is 9.78 Å². The van der Waals surface area contributed by atoms with Crippen molar-refractivity contribution in [2.45, 2.75) is 6.92 Å². The maximum atomic E-state index is 12.2. The number of aromatic nitrogens is 3. The van der Waals surface area contributed by atoms with Gasteiger partial charge in [-0.1, -0.05) is 0 Å². The van der Waals surface area contributed by atoms with Gasteiger partial charge in [0.15, 0.2) is 5.13 Å². The number of ether oxygens (including phenoxy) is 1. The van der Waals surface area contributed by atoms with Crippen LogP contribution in [-0.4, -0.2) is 33.9 Å². The average molecular weight is 358 g/mol. The minimum atomic E-state index is -0.536. The highest BCUT2D eigenvalue weighted by Crippen LogP contribution is 2.25. The van der Waals surface area contributed by atoms with Gasteiger partial charge in [-0.2, -0.15) is 0 Å². The summed E-state index contributed by atoms with van der Waals surface area (Å²) >= 11 is 1.21. The van der Waals surface area contributed by atoms with Crippen LogP contribution in [0.25, 0.3) is 11.3 Å². The molecule has 3 N–H and O–H groups in total. The fourth-order valence-corrected chi connectivity index (χ4v) is 2.86. The average Bonchev–Trinajstić information content (AvgIpc) is 3.23. The standard InChI is InChI=1S/C16H14N4O4S/c1-8-3-4-10(13(21)18-8)14(22)20-16-19-12(7-25-16)9-5-11(17-6-9)15(23)24-2/h3-7,17H,1-2H3,(H,18,21)(H,19,20,22). The first-order chi connectivity index (χ1) is 12.0. The third-order valence-electron chi connectivity index (χ3n) is 3.41. The van der Waals surface area contributed by atoms with E-state index in [0.717, 1.165) is 0 Å². The van der Waals surface area contributed by atoms with Crippen LogP contribution in [0.4, 0.5) is 5.13 Å². The Morgan fingerprint density at radius 1 is 1.32 bits per heavy atom. The van der Waals surface area contributed by atoms with Crippen molar-refractivity contribution in [3.63, 3.8) is 0 Å². The number of rotatable bonds is 4. The van der Waals surface area contributed by atoms with E-state index in [9.17, 15) is 14.4 Å². The molecular formula is C16H14N4O4S. The molecule has 0 radical (unpaired) electrons. The van der Waals surface area contributed by atoms with E-state index in [1.54, 1.807) is 30.6 Å². The number of carbonyl (C=O) groups is 2. The minimum Gasteiger partial charge on any atom is -0.464 e. The van der Waals surface area contributed by atoms with Crippen LogP contribution in [0.1, 0.15) is 26.5 Å². The van der Waals surface area contributed by atoms with Crippen LogP contribution >= 0.6 is 11.3 Å². The second-order valence-corrected chi connectivity index (χ2v) is 6.03. The monoisotopic (exact) mass is 358 g/mol. The SMILES string of the molecule is COC(=O)c1cc(-c2csc(NC(=O)c3ccc(C)[nH]c3=O)n2)c[nH]1. The smallest absolute Gasteiger partial charge is 0.354 e. The van der Waals surface area contributed by atoms with E-state index in [1.165, 1.54) is 24.5 Å². The summed E-state index contributed by atoms with van der Waals surface area (Å²) in [5.41, 5.74) is 1.81. The van der Waals surface area contributed by atoms with Crippen LogP contribution < -0.4 is 10.9 Å². The maximum absolute atomic E-state index is 12.2. The molecule has 0 bridgehead atoms. The lowest BCUT2D eigenvalue weighted by molar-refractivity contribution is 0.0594. The van der Waals surface area contributed by atoms with Gasteiger partial charge >= 0.3 is 5.97 Å². The summed E-state index contributed by atoms with van der Waals surface area (Å²) in [6.07, 6.45) is 1.62. The van der Waals surface area contributed by atoms with Crippen LogP contribution in [0.3, 0.4) is 0 Å². The van der Waals surface area contributed by atoms with Crippen molar-refractivity contribution < 1.29 is 14.3 Å². The zero-order valence-electron chi connectivity index (χ0n) is 13.4. The lowest BCUT2D eigenvalue weighted by Gasteiger charge is -2.01. The lowest BCUT2D eigenvalue weighted by atomic mass is 10.2. The fourth-order valence-electron chi connectivity index (χ4n) is 2.15. The van der Waals surface area contributed by atoms with Gasteiger partial charge in [-0.05, 0) is 25.1 Å². The first-order valence-corrected chi connectivity index (χ1v) is 8.10. The van der Waals surface area contributed by atoms with E-state index in [-0.39, 0.29) is 5.56 Å². The third-order valence-corrected chi connectivity index (χ3v) is 4.17. The summed E-state index contributed by atoms with van der Waals surface area (Å²) in [6, 6.07) is 4.72. The van der Waals surface area contributed by atoms with Crippen molar-refractivity contribution in [3.8, 4) is 11.3 Å². The van der Waals surface area contributed by atoms with Gasteiger partial charge < -0.3 is 14.7 Å². The highest BCUT2D eigenvalue weighted by molar-refractivity contribution is 7.14. The Morgan fingerprint density at radius 3 is 2.84 bits per heavy atom. The minimum absolute atomic E-state index is 0.0111. The van der Waals surface area contributed by atoms with Crippen LogP contribution in [0.15, 0.2) is 34.6 Å². The predicted molar refractivity (Wildman–Crippen MR) is 93.0 cm³/mol. The summed E-state index contributed by atoms with van der Waals surface area (Å²) in [5.74, 6) is -1.01. The van der Waals surface area contributed by atoms with Crippen molar-refractivity contribution in [2.75, 3.05) is 12.4 Å². The molecule has 3 aromatic rings. The summed E-state index contributed by atoms with van der Waals surface area (Å²) in [5, 5.41) is 4.68. The van der Waals surface area contributed by atoms with Crippen LogP contribution in [0.2, 0.25) is 0 Å². The quantitative estimate of drug-likeness (QED) is 0.618. The third kappa shape index (κ3) is 3.50. The molecule has 0 aliphatic carbocycles. The second kappa shape index (κ2) is 6.73. The molecule has 0 aliphatic rings. The number of thiazole rings is 1. The Bertz CT molecular complexity index is 1000. The van der Waals surface area contributed by atoms with E-state index in [0.29, 0.717) is 27.8 Å².